The highest BCUT2D eigenvalue weighted by Gasteiger charge is 2.48. The Bertz CT molecular complexity index is 546. The Morgan fingerprint density at radius 3 is 2.71 bits per heavy atom. The summed E-state index contributed by atoms with van der Waals surface area (Å²) < 4.78 is 13.6. The number of carboxylic acid groups (broad SMARTS) is 1. The lowest BCUT2D eigenvalue weighted by molar-refractivity contribution is -0.156. The molecule has 21 heavy (non-hydrogen) atoms. The number of rotatable bonds is 5. The van der Waals surface area contributed by atoms with Crippen molar-refractivity contribution in [3.8, 4) is 0 Å². The Hall–Kier alpha value is -1.91. The van der Waals surface area contributed by atoms with Gasteiger partial charge >= 0.3 is 5.97 Å². The van der Waals surface area contributed by atoms with Crippen LogP contribution in [-0.4, -0.2) is 34.0 Å². The van der Waals surface area contributed by atoms with Gasteiger partial charge in [-0.25, -0.2) is 9.18 Å². The van der Waals surface area contributed by atoms with Gasteiger partial charge in [0, 0.05) is 6.54 Å². The van der Waals surface area contributed by atoms with E-state index in [0.29, 0.717) is 37.8 Å². The average Bonchev–Trinajstić information content (AvgIpc) is 2.87. The first kappa shape index (κ1) is 15.5. The fourth-order valence-corrected chi connectivity index (χ4v) is 3.14. The largest absolute Gasteiger partial charge is 0.479 e. The second-order valence-electron chi connectivity index (χ2n) is 5.50. The third-order valence-electron chi connectivity index (χ3n) is 4.15. The number of likely N-dealkylation sites (tertiary alicyclic amines) is 1. The zero-order valence-corrected chi connectivity index (χ0v) is 12.1. The van der Waals surface area contributed by atoms with Gasteiger partial charge in [0.05, 0.1) is 6.42 Å². The first-order chi connectivity index (χ1) is 10.0. The van der Waals surface area contributed by atoms with E-state index in [1.807, 2.05) is 6.92 Å². The van der Waals surface area contributed by atoms with Crippen LogP contribution in [0.15, 0.2) is 24.3 Å². The Kier molecular flexibility index (Phi) is 4.60. The maximum atomic E-state index is 13.6. The first-order valence-electron chi connectivity index (χ1n) is 7.28. The van der Waals surface area contributed by atoms with Crippen molar-refractivity contribution in [2.75, 3.05) is 6.54 Å². The van der Waals surface area contributed by atoms with E-state index in [2.05, 4.69) is 0 Å². The van der Waals surface area contributed by atoms with Gasteiger partial charge in [0.25, 0.3) is 0 Å². The van der Waals surface area contributed by atoms with Crippen molar-refractivity contribution in [2.45, 2.75) is 44.6 Å². The monoisotopic (exact) mass is 293 g/mol. The van der Waals surface area contributed by atoms with E-state index in [1.54, 1.807) is 18.2 Å². The average molecular weight is 293 g/mol. The molecule has 0 spiro atoms. The molecule has 0 bridgehead atoms. The Labute approximate surface area is 123 Å². The van der Waals surface area contributed by atoms with E-state index in [4.69, 9.17) is 0 Å². The first-order valence-corrected chi connectivity index (χ1v) is 7.28. The zero-order chi connectivity index (χ0) is 15.5. The van der Waals surface area contributed by atoms with E-state index in [9.17, 15) is 19.1 Å². The quantitative estimate of drug-likeness (QED) is 0.908. The predicted molar refractivity (Wildman–Crippen MR) is 76.3 cm³/mol. The van der Waals surface area contributed by atoms with Crippen LogP contribution in [0.25, 0.3) is 0 Å². The minimum Gasteiger partial charge on any atom is -0.479 e. The molecule has 1 aromatic rings. The SMILES string of the molecule is CCCC1(C(=O)O)CCCN1C(=O)Cc1ccccc1F. The third-order valence-corrected chi connectivity index (χ3v) is 4.15. The van der Waals surface area contributed by atoms with Crippen LogP contribution < -0.4 is 0 Å². The molecule has 4 nitrogen and oxygen atoms in total. The van der Waals surface area contributed by atoms with E-state index < -0.39 is 17.3 Å². The van der Waals surface area contributed by atoms with E-state index in [-0.39, 0.29) is 12.3 Å². The Morgan fingerprint density at radius 1 is 1.38 bits per heavy atom. The molecule has 1 aliphatic rings. The molecule has 0 radical (unpaired) electrons. The molecule has 5 heteroatoms. The molecule has 1 saturated heterocycles. The molecule has 1 amide bonds. The van der Waals surface area contributed by atoms with Gasteiger partial charge in [-0.2, -0.15) is 0 Å². The standard InChI is InChI=1S/C16H20FNO3/c1-2-8-16(15(20)21)9-5-10-18(16)14(19)11-12-6-3-4-7-13(12)17/h3-4,6-7H,2,5,8-11H2,1H3,(H,20,21). The van der Waals surface area contributed by atoms with Gasteiger partial charge in [0.2, 0.25) is 5.91 Å². The maximum Gasteiger partial charge on any atom is 0.329 e. The molecule has 1 aromatic carbocycles. The van der Waals surface area contributed by atoms with Crippen LogP contribution >= 0.6 is 0 Å². The molecule has 1 fully saturated rings. The summed E-state index contributed by atoms with van der Waals surface area (Å²) in [6, 6.07) is 6.11. The highest BCUT2D eigenvalue weighted by atomic mass is 19.1. The van der Waals surface area contributed by atoms with Gasteiger partial charge in [-0.05, 0) is 30.9 Å². The molecule has 1 atom stereocenters. The van der Waals surface area contributed by atoms with Crippen molar-refractivity contribution in [2.24, 2.45) is 0 Å². The summed E-state index contributed by atoms with van der Waals surface area (Å²) in [7, 11) is 0. The second kappa shape index (κ2) is 6.24. The van der Waals surface area contributed by atoms with Gasteiger partial charge in [0.15, 0.2) is 0 Å². The number of benzene rings is 1. The summed E-state index contributed by atoms with van der Waals surface area (Å²) in [5.41, 5.74) is -0.804. The molecule has 0 aliphatic carbocycles. The number of hydrogen-bond donors (Lipinski definition) is 1. The highest BCUT2D eigenvalue weighted by molar-refractivity contribution is 5.88. The van der Waals surface area contributed by atoms with Gasteiger partial charge in [-0.15, -0.1) is 0 Å². The maximum absolute atomic E-state index is 13.6. The summed E-state index contributed by atoms with van der Waals surface area (Å²) >= 11 is 0. The Balaban J connectivity index is 2.21. The number of hydrogen-bond acceptors (Lipinski definition) is 2. The summed E-state index contributed by atoms with van der Waals surface area (Å²) in [5.74, 6) is -1.70. The van der Waals surface area contributed by atoms with E-state index in [0.717, 1.165) is 0 Å². The lowest BCUT2D eigenvalue weighted by atomic mass is 9.90. The molecule has 1 heterocycles. The van der Waals surface area contributed by atoms with Crippen LogP contribution in [0.3, 0.4) is 0 Å². The van der Waals surface area contributed by atoms with Crippen molar-refractivity contribution in [3.05, 3.63) is 35.6 Å². The van der Waals surface area contributed by atoms with Crippen LogP contribution in [0.2, 0.25) is 0 Å². The Morgan fingerprint density at radius 2 is 2.10 bits per heavy atom. The summed E-state index contributed by atoms with van der Waals surface area (Å²) in [5, 5.41) is 9.57. The van der Waals surface area contributed by atoms with Crippen molar-refractivity contribution < 1.29 is 19.1 Å². The number of carboxylic acids is 1. The number of carbonyl (C=O) groups is 2. The zero-order valence-electron chi connectivity index (χ0n) is 12.1. The number of nitrogens with zero attached hydrogens (tertiary/aromatic N) is 1. The summed E-state index contributed by atoms with van der Waals surface area (Å²) in [6.45, 7) is 2.34. The molecule has 1 unspecified atom stereocenters. The smallest absolute Gasteiger partial charge is 0.329 e. The van der Waals surface area contributed by atoms with Crippen molar-refractivity contribution in [3.63, 3.8) is 0 Å². The van der Waals surface area contributed by atoms with Gasteiger partial charge < -0.3 is 10.0 Å². The molecule has 1 N–H and O–H groups in total. The fraction of sp³-hybridized carbons (Fsp3) is 0.500. The van der Waals surface area contributed by atoms with Crippen LogP contribution in [-0.2, 0) is 16.0 Å². The van der Waals surface area contributed by atoms with E-state index >= 15 is 0 Å². The number of amides is 1. The van der Waals surface area contributed by atoms with E-state index in [1.165, 1.54) is 11.0 Å². The molecule has 0 aromatic heterocycles. The predicted octanol–water partition coefficient (Wildman–Crippen LogP) is 2.61. The molecular weight excluding hydrogens is 273 g/mol. The minimum absolute atomic E-state index is 0.0918. The minimum atomic E-state index is -1.11. The lowest BCUT2D eigenvalue weighted by Crippen LogP contribution is -2.53. The number of carbonyl (C=O) groups excluding carboxylic acids is 1. The number of halogens is 1. The molecule has 1 aliphatic heterocycles. The lowest BCUT2D eigenvalue weighted by Gasteiger charge is -2.34. The summed E-state index contributed by atoms with van der Waals surface area (Å²) in [6.07, 6.45) is 2.18. The van der Waals surface area contributed by atoms with Crippen LogP contribution in [0, 0.1) is 5.82 Å². The second-order valence-corrected chi connectivity index (χ2v) is 5.50. The molecule has 0 saturated carbocycles. The van der Waals surface area contributed by atoms with Gasteiger partial charge in [-0.3, -0.25) is 4.79 Å². The molecular formula is C16H20FNO3. The highest BCUT2D eigenvalue weighted by Crippen LogP contribution is 2.34. The molecule has 114 valence electrons. The third kappa shape index (κ3) is 2.91. The van der Waals surface area contributed by atoms with Crippen LogP contribution in [0.4, 0.5) is 4.39 Å². The topological polar surface area (TPSA) is 57.6 Å². The van der Waals surface area contributed by atoms with Crippen LogP contribution in [0.5, 0.6) is 0 Å². The normalized spacial score (nSPS) is 21.5. The molecule has 2 rings (SSSR count). The summed E-state index contributed by atoms with van der Waals surface area (Å²) in [4.78, 5) is 25.6. The fourth-order valence-electron chi connectivity index (χ4n) is 3.14. The van der Waals surface area contributed by atoms with Gasteiger partial charge in [-0.1, -0.05) is 31.5 Å². The van der Waals surface area contributed by atoms with Crippen molar-refractivity contribution >= 4 is 11.9 Å². The van der Waals surface area contributed by atoms with Crippen LogP contribution in [0.1, 0.15) is 38.2 Å². The number of aliphatic carboxylic acids is 1. The van der Waals surface area contributed by atoms with Crippen molar-refractivity contribution in [1.82, 2.24) is 4.90 Å². The van der Waals surface area contributed by atoms with Gasteiger partial charge in [0.1, 0.15) is 11.4 Å². The van der Waals surface area contributed by atoms with Crippen molar-refractivity contribution in [1.29, 1.82) is 0 Å².